The van der Waals surface area contributed by atoms with Crippen LogP contribution in [0.4, 0.5) is 10.8 Å². The summed E-state index contributed by atoms with van der Waals surface area (Å²) in [6.07, 6.45) is 1.80. The number of thiazole rings is 1. The predicted molar refractivity (Wildman–Crippen MR) is 98.7 cm³/mol. The van der Waals surface area contributed by atoms with E-state index in [0.29, 0.717) is 5.13 Å². The molecule has 1 aromatic carbocycles. The molecule has 7 heteroatoms. The first kappa shape index (κ1) is 16.0. The van der Waals surface area contributed by atoms with Crippen LogP contribution in [0.15, 0.2) is 34.6 Å². The van der Waals surface area contributed by atoms with Gasteiger partial charge in [-0.25, -0.2) is 4.98 Å². The van der Waals surface area contributed by atoms with E-state index in [1.54, 1.807) is 11.8 Å². The van der Waals surface area contributed by atoms with Crippen LogP contribution in [-0.4, -0.2) is 28.4 Å². The Labute approximate surface area is 143 Å². The van der Waals surface area contributed by atoms with Crippen molar-refractivity contribution in [2.45, 2.75) is 19.8 Å². The van der Waals surface area contributed by atoms with Crippen LogP contribution in [0.5, 0.6) is 0 Å². The average Bonchev–Trinajstić information content (AvgIpc) is 3.18. The smallest absolute Gasteiger partial charge is 0.223 e. The second-order valence-electron chi connectivity index (χ2n) is 5.18. The molecule has 0 aliphatic carbocycles. The lowest BCUT2D eigenvalue weighted by Crippen LogP contribution is -2.05. The summed E-state index contributed by atoms with van der Waals surface area (Å²) < 4.78 is 0. The molecule has 23 heavy (non-hydrogen) atoms. The molecular formula is C16H18N4OS2. The van der Waals surface area contributed by atoms with Crippen LogP contribution in [0, 0.1) is 0 Å². The summed E-state index contributed by atoms with van der Waals surface area (Å²) in [5.74, 6) is 0.980. The topological polar surface area (TPSA) is 66.4 Å². The van der Waals surface area contributed by atoms with Crippen LogP contribution in [0.25, 0.3) is 0 Å². The van der Waals surface area contributed by atoms with Crippen molar-refractivity contribution in [1.82, 2.24) is 4.98 Å². The normalized spacial score (nSPS) is 13.7. The number of nitrogens with zero attached hydrogens (tertiary/aromatic N) is 2. The standard InChI is InChI=1S/C16H18N4OS2/c1-11(21)18-16-20-14(10-23-16)7-4-12-2-5-13(6-3-12)19-15-17-8-9-22-15/h2-3,5-6,10H,4,7-9H2,1H3,(H,17,19)(H,18,20,21). The zero-order valence-electron chi connectivity index (χ0n) is 12.8. The molecular weight excluding hydrogens is 328 g/mol. The zero-order chi connectivity index (χ0) is 16.1. The van der Waals surface area contributed by atoms with Crippen molar-refractivity contribution in [3.05, 3.63) is 40.9 Å². The van der Waals surface area contributed by atoms with Crippen LogP contribution in [-0.2, 0) is 17.6 Å². The Morgan fingerprint density at radius 1 is 1.26 bits per heavy atom. The lowest BCUT2D eigenvalue weighted by Gasteiger charge is -2.06. The van der Waals surface area contributed by atoms with E-state index in [1.807, 2.05) is 5.38 Å². The third kappa shape index (κ3) is 4.80. The number of amides is 1. The van der Waals surface area contributed by atoms with E-state index in [0.717, 1.165) is 41.7 Å². The number of carbonyl (C=O) groups is 1. The highest BCUT2D eigenvalue weighted by molar-refractivity contribution is 8.14. The number of aromatic nitrogens is 1. The quantitative estimate of drug-likeness (QED) is 0.871. The van der Waals surface area contributed by atoms with Crippen molar-refractivity contribution >= 4 is 45.0 Å². The molecule has 3 rings (SSSR count). The SMILES string of the molecule is CC(=O)Nc1nc(CCc2ccc(NC3=NCCS3)cc2)cs1. The number of amidine groups is 1. The van der Waals surface area contributed by atoms with Crippen molar-refractivity contribution in [1.29, 1.82) is 0 Å². The van der Waals surface area contributed by atoms with Crippen molar-refractivity contribution in [3.8, 4) is 0 Å². The van der Waals surface area contributed by atoms with Gasteiger partial charge in [-0.1, -0.05) is 23.9 Å². The first-order valence-corrected chi connectivity index (χ1v) is 9.31. The first-order chi connectivity index (χ1) is 11.2. The van der Waals surface area contributed by atoms with E-state index in [4.69, 9.17) is 0 Å². The van der Waals surface area contributed by atoms with E-state index in [-0.39, 0.29) is 5.91 Å². The fraction of sp³-hybridized carbons (Fsp3) is 0.312. The Hall–Kier alpha value is -1.86. The summed E-state index contributed by atoms with van der Waals surface area (Å²) in [5, 5.41) is 9.71. The molecule has 1 amide bonds. The minimum absolute atomic E-state index is 0.0842. The summed E-state index contributed by atoms with van der Waals surface area (Å²) in [4.78, 5) is 19.8. The first-order valence-electron chi connectivity index (χ1n) is 7.44. The van der Waals surface area contributed by atoms with Crippen molar-refractivity contribution < 1.29 is 4.79 Å². The minimum Gasteiger partial charge on any atom is -0.335 e. The van der Waals surface area contributed by atoms with Gasteiger partial charge in [0.1, 0.15) is 0 Å². The number of aryl methyl sites for hydroxylation is 2. The molecule has 0 spiro atoms. The van der Waals surface area contributed by atoms with Gasteiger partial charge in [0.05, 0.1) is 12.2 Å². The molecule has 0 radical (unpaired) electrons. The van der Waals surface area contributed by atoms with Crippen molar-refractivity contribution in [2.24, 2.45) is 4.99 Å². The molecule has 1 aliphatic heterocycles. The number of thioether (sulfide) groups is 1. The van der Waals surface area contributed by atoms with Gasteiger partial charge in [-0.05, 0) is 30.5 Å². The second kappa shape index (κ2) is 7.61. The molecule has 2 aromatic rings. The van der Waals surface area contributed by atoms with Gasteiger partial charge >= 0.3 is 0 Å². The molecule has 1 aliphatic rings. The van der Waals surface area contributed by atoms with Gasteiger partial charge in [0.2, 0.25) is 5.91 Å². The maximum atomic E-state index is 11.0. The predicted octanol–water partition coefficient (Wildman–Crippen LogP) is 3.40. The number of hydrogen-bond acceptors (Lipinski definition) is 6. The van der Waals surface area contributed by atoms with Crippen LogP contribution >= 0.6 is 23.1 Å². The van der Waals surface area contributed by atoms with Crippen LogP contribution in [0.2, 0.25) is 0 Å². The summed E-state index contributed by atoms with van der Waals surface area (Å²) in [6, 6.07) is 8.42. The van der Waals surface area contributed by atoms with E-state index >= 15 is 0 Å². The van der Waals surface area contributed by atoms with Crippen LogP contribution in [0.3, 0.4) is 0 Å². The van der Waals surface area contributed by atoms with Crippen LogP contribution in [0.1, 0.15) is 18.2 Å². The number of carbonyl (C=O) groups excluding carboxylic acids is 1. The van der Waals surface area contributed by atoms with Gasteiger partial charge in [0.15, 0.2) is 10.3 Å². The number of rotatable bonds is 5. The Kier molecular flexibility index (Phi) is 5.30. The highest BCUT2D eigenvalue weighted by Crippen LogP contribution is 2.19. The molecule has 0 saturated carbocycles. The highest BCUT2D eigenvalue weighted by atomic mass is 32.2. The van der Waals surface area contributed by atoms with Gasteiger partial charge in [0, 0.05) is 23.7 Å². The Balaban J connectivity index is 1.52. The number of benzene rings is 1. The molecule has 0 saturated heterocycles. The number of anilines is 2. The van der Waals surface area contributed by atoms with E-state index < -0.39 is 0 Å². The minimum atomic E-state index is -0.0842. The third-order valence-corrected chi connectivity index (χ3v) is 4.99. The van der Waals surface area contributed by atoms with Crippen LogP contribution < -0.4 is 10.6 Å². The molecule has 0 atom stereocenters. The summed E-state index contributed by atoms with van der Waals surface area (Å²) in [7, 11) is 0. The fourth-order valence-corrected chi connectivity index (χ4v) is 3.73. The third-order valence-electron chi connectivity index (χ3n) is 3.30. The Morgan fingerprint density at radius 3 is 2.78 bits per heavy atom. The van der Waals surface area contributed by atoms with E-state index in [1.165, 1.54) is 23.8 Å². The molecule has 1 aromatic heterocycles. The molecule has 0 fully saturated rings. The lowest BCUT2D eigenvalue weighted by molar-refractivity contribution is -0.114. The zero-order valence-corrected chi connectivity index (χ0v) is 14.5. The van der Waals surface area contributed by atoms with Gasteiger partial charge in [-0.3, -0.25) is 9.79 Å². The van der Waals surface area contributed by atoms with Crippen molar-refractivity contribution in [2.75, 3.05) is 22.9 Å². The maximum Gasteiger partial charge on any atom is 0.223 e. The molecule has 120 valence electrons. The fourth-order valence-electron chi connectivity index (χ4n) is 2.19. The summed E-state index contributed by atoms with van der Waals surface area (Å²) in [5.41, 5.74) is 3.35. The van der Waals surface area contributed by atoms with E-state index in [2.05, 4.69) is 44.9 Å². The van der Waals surface area contributed by atoms with Gasteiger partial charge in [-0.15, -0.1) is 11.3 Å². The van der Waals surface area contributed by atoms with Gasteiger partial charge < -0.3 is 10.6 Å². The monoisotopic (exact) mass is 346 g/mol. The Bertz CT molecular complexity index is 709. The lowest BCUT2D eigenvalue weighted by atomic mass is 10.1. The summed E-state index contributed by atoms with van der Waals surface area (Å²) in [6.45, 7) is 2.39. The molecule has 2 heterocycles. The molecule has 2 N–H and O–H groups in total. The molecule has 5 nitrogen and oxygen atoms in total. The number of nitrogens with one attached hydrogen (secondary N) is 2. The maximum absolute atomic E-state index is 11.0. The van der Waals surface area contributed by atoms with Crippen molar-refractivity contribution in [3.63, 3.8) is 0 Å². The summed E-state index contributed by atoms with van der Waals surface area (Å²) >= 11 is 3.22. The number of aliphatic imine (C=N–C) groups is 1. The number of hydrogen-bond donors (Lipinski definition) is 2. The molecule has 0 unspecified atom stereocenters. The molecule has 0 bridgehead atoms. The largest absolute Gasteiger partial charge is 0.335 e. The average molecular weight is 346 g/mol. The Morgan fingerprint density at radius 2 is 2.09 bits per heavy atom. The highest BCUT2D eigenvalue weighted by Gasteiger charge is 2.07. The van der Waals surface area contributed by atoms with Gasteiger partial charge in [0.25, 0.3) is 0 Å². The van der Waals surface area contributed by atoms with E-state index in [9.17, 15) is 4.79 Å². The van der Waals surface area contributed by atoms with Gasteiger partial charge in [-0.2, -0.15) is 0 Å². The second-order valence-corrected chi connectivity index (χ2v) is 7.12.